The summed E-state index contributed by atoms with van der Waals surface area (Å²) in [5.41, 5.74) is 4.77. The SMILES string of the molecule is CCc1c(C(c2cccs2)C2CC2)nn(Br)c1Oc1cc(C)cc(C)c1. The fraction of sp³-hybridized carbons (Fsp3) is 0.381. The monoisotopic (exact) mass is 430 g/mol. The fourth-order valence-electron chi connectivity index (χ4n) is 3.69. The van der Waals surface area contributed by atoms with Crippen molar-refractivity contribution in [2.24, 2.45) is 5.92 Å². The van der Waals surface area contributed by atoms with Crippen molar-refractivity contribution in [3.63, 3.8) is 0 Å². The van der Waals surface area contributed by atoms with Crippen LogP contribution in [0.1, 0.15) is 52.9 Å². The molecule has 2 aromatic heterocycles. The number of rotatable bonds is 6. The maximum absolute atomic E-state index is 6.30. The van der Waals surface area contributed by atoms with Gasteiger partial charge in [0, 0.05) is 16.4 Å². The lowest BCUT2D eigenvalue weighted by molar-refractivity contribution is 0.451. The van der Waals surface area contributed by atoms with E-state index < -0.39 is 0 Å². The molecule has 3 nitrogen and oxygen atoms in total. The lowest BCUT2D eigenvalue weighted by Gasteiger charge is -2.14. The minimum atomic E-state index is 0.380. The highest BCUT2D eigenvalue weighted by molar-refractivity contribution is 9.08. The molecule has 0 radical (unpaired) electrons. The van der Waals surface area contributed by atoms with Crippen LogP contribution in [0.5, 0.6) is 11.6 Å². The van der Waals surface area contributed by atoms with Crippen molar-refractivity contribution in [1.82, 2.24) is 8.81 Å². The summed E-state index contributed by atoms with van der Waals surface area (Å²) in [6.07, 6.45) is 3.47. The van der Waals surface area contributed by atoms with Crippen molar-refractivity contribution in [3.8, 4) is 11.6 Å². The van der Waals surface area contributed by atoms with Crippen LogP contribution >= 0.6 is 27.5 Å². The normalized spacial score (nSPS) is 15.2. The van der Waals surface area contributed by atoms with Crippen LogP contribution in [0.3, 0.4) is 0 Å². The average molecular weight is 431 g/mol. The Bertz CT molecular complexity index is 892. The number of halogens is 1. The Balaban J connectivity index is 1.75. The van der Waals surface area contributed by atoms with E-state index in [2.05, 4.69) is 72.6 Å². The van der Waals surface area contributed by atoms with Crippen molar-refractivity contribution in [3.05, 3.63) is 63.0 Å². The van der Waals surface area contributed by atoms with Crippen LogP contribution < -0.4 is 4.74 Å². The number of benzene rings is 1. The van der Waals surface area contributed by atoms with Gasteiger partial charge in [-0.05, 0) is 73.7 Å². The number of hydrogen-bond acceptors (Lipinski definition) is 3. The first-order valence-corrected chi connectivity index (χ1v) is 10.7. The van der Waals surface area contributed by atoms with Gasteiger partial charge in [0.2, 0.25) is 5.88 Å². The molecule has 1 aliphatic carbocycles. The van der Waals surface area contributed by atoms with Gasteiger partial charge in [-0.15, -0.1) is 11.3 Å². The van der Waals surface area contributed by atoms with Crippen LogP contribution in [0.2, 0.25) is 0 Å². The van der Waals surface area contributed by atoms with E-state index >= 15 is 0 Å². The second-order valence-electron chi connectivity index (χ2n) is 7.14. The number of nitrogens with zero attached hydrogens (tertiary/aromatic N) is 2. The highest BCUT2D eigenvalue weighted by atomic mass is 79.9. The predicted molar refractivity (Wildman–Crippen MR) is 111 cm³/mol. The average Bonchev–Trinajstić information content (AvgIpc) is 3.17. The van der Waals surface area contributed by atoms with Crippen LogP contribution in [0, 0.1) is 19.8 Å². The molecule has 5 heteroatoms. The highest BCUT2D eigenvalue weighted by Crippen LogP contribution is 2.49. The number of aryl methyl sites for hydroxylation is 2. The zero-order chi connectivity index (χ0) is 18.3. The molecule has 4 rings (SSSR count). The molecule has 2 heterocycles. The first-order valence-electron chi connectivity index (χ1n) is 9.14. The van der Waals surface area contributed by atoms with Crippen molar-refractivity contribution in [2.45, 2.75) is 46.0 Å². The standard InChI is InChI=1S/C21H23BrN2OS/c1-4-17-20(19(15-7-8-15)18-6-5-9-26-18)23-24(22)21(17)25-16-11-13(2)10-14(3)12-16/h5-6,9-12,15,19H,4,7-8H2,1-3H3. The van der Waals surface area contributed by atoms with E-state index in [1.807, 2.05) is 11.3 Å². The Morgan fingerprint density at radius 3 is 2.58 bits per heavy atom. The molecule has 0 amide bonds. The van der Waals surface area contributed by atoms with E-state index in [1.54, 1.807) is 3.71 Å². The van der Waals surface area contributed by atoms with Crippen molar-refractivity contribution in [2.75, 3.05) is 0 Å². The fourth-order valence-corrected chi connectivity index (χ4v) is 5.07. The molecule has 0 saturated heterocycles. The molecule has 1 fully saturated rings. The van der Waals surface area contributed by atoms with Gasteiger partial charge in [0.15, 0.2) is 0 Å². The summed E-state index contributed by atoms with van der Waals surface area (Å²) in [6.45, 7) is 6.37. The minimum absolute atomic E-state index is 0.380. The van der Waals surface area contributed by atoms with Crippen molar-refractivity contribution >= 4 is 27.5 Å². The van der Waals surface area contributed by atoms with Gasteiger partial charge in [-0.1, -0.05) is 19.1 Å². The summed E-state index contributed by atoms with van der Waals surface area (Å²) >= 11 is 5.42. The molecule has 0 bridgehead atoms. The third-order valence-electron chi connectivity index (χ3n) is 4.93. The van der Waals surface area contributed by atoms with E-state index in [9.17, 15) is 0 Å². The number of hydrogen-bond donors (Lipinski definition) is 0. The zero-order valence-corrected chi connectivity index (χ0v) is 17.7. The molecule has 136 valence electrons. The van der Waals surface area contributed by atoms with E-state index in [4.69, 9.17) is 9.84 Å². The molecule has 1 aromatic carbocycles. The third kappa shape index (κ3) is 3.47. The molecule has 3 aromatic rings. The second kappa shape index (κ2) is 7.20. The maximum Gasteiger partial charge on any atom is 0.231 e. The largest absolute Gasteiger partial charge is 0.438 e. The van der Waals surface area contributed by atoms with E-state index in [0.717, 1.165) is 23.7 Å². The second-order valence-corrected chi connectivity index (χ2v) is 8.79. The van der Waals surface area contributed by atoms with Gasteiger partial charge in [0.05, 0.1) is 21.8 Å². The molecule has 1 saturated carbocycles. The molecular formula is C21H23BrN2OS. The Morgan fingerprint density at radius 1 is 1.27 bits per heavy atom. The van der Waals surface area contributed by atoms with Gasteiger partial charge in [-0.25, -0.2) is 0 Å². The molecule has 0 aliphatic heterocycles. The lowest BCUT2D eigenvalue weighted by atomic mass is 9.94. The molecule has 1 aliphatic rings. The van der Waals surface area contributed by atoms with Gasteiger partial charge in [-0.3, -0.25) is 0 Å². The van der Waals surface area contributed by atoms with Crippen LogP contribution in [0.4, 0.5) is 0 Å². The van der Waals surface area contributed by atoms with Gasteiger partial charge in [0.25, 0.3) is 0 Å². The zero-order valence-electron chi connectivity index (χ0n) is 15.3. The Morgan fingerprint density at radius 2 is 2.00 bits per heavy atom. The van der Waals surface area contributed by atoms with Crippen LogP contribution in [-0.4, -0.2) is 8.81 Å². The maximum atomic E-state index is 6.30. The Labute approximate surface area is 167 Å². The van der Waals surface area contributed by atoms with E-state index in [0.29, 0.717) is 11.8 Å². The first-order chi connectivity index (χ1) is 12.6. The van der Waals surface area contributed by atoms with E-state index in [-0.39, 0.29) is 0 Å². The van der Waals surface area contributed by atoms with Crippen LogP contribution in [-0.2, 0) is 6.42 Å². The Kier molecular flexibility index (Phi) is 4.93. The summed E-state index contributed by atoms with van der Waals surface area (Å²) in [4.78, 5) is 1.41. The predicted octanol–water partition coefficient (Wildman–Crippen LogP) is 6.62. The van der Waals surface area contributed by atoms with Crippen molar-refractivity contribution < 1.29 is 4.74 Å². The quantitative estimate of drug-likeness (QED) is 0.439. The smallest absolute Gasteiger partial charge is 0.231 e. The summed E-state index contributed by atoms with van der Waals surface area (Å²) in [6, 6.07) is 10.7. The molecular weight excluding hydrogens is 408 g/mol. The van der Waals surface area contributed by atoms with Gasteiger partial charge < -0.3 is 4.74 Å². The molecule has 0 spiro atoms. The molecule has 0 N–H and O–H groups in total. The van der Waals surface area contributed by atoms with Gasteiger partial charge >= 0.3 is 0 Å². The van der Waals surface area contributed by atoms with Gasteiger partial charge in [-0.2, -0.15) is 8.81 Å². The lowest BCUT2D eigenvalue weighted by Crippen LogP contribution is -2.05. The molecule has 1 atom stereocenters. The van der Waals surface area contributed by atoms with Crippen LogP contribution in [0.15, 0.2) is 35.7 Å². The number of aromatic nitrogens is 2. The summed E-state index contributed by atoms with van der Waals surface area (Å²) < 4.78 is 8.04. The van der Waals surface area contributed by atoms with Crippen molar-refractivity contribution in [1.29, 1.82) is 0 Å². The first kappa shape index (κ1) is 17.8. The summed E-state index contributed by atoms with van der Waals surface area (Å²) in [5, 5.41) is 7.02. The number of ether oxygens (including phenoxy) is 1. The Hall–Kier alpha value is -1.59. The molecule has 1 unspecified atom stereocenters. The summed E-state index contributed by atoms with van der Waals surface area (Å²) in [5.74, 6) is 2.75. The van der Waals surface area contributed by atoms with E-state index in [1.165, 1.54) is 34.4 Å². The minimum Gasteiger partial charge on any atom is -0.438 e. The van der Waals surface area contributed by atoms with Crippen LogP contribution in [0.25, 0.3) is 0 Å². The van der Waals surface area contributed by atoms with Gasteiger partial charge in [0.1, 0.15) is 5.75 Å². The summed E-state index contributed by atoms with van der Waals surface area (Å²) in [7, 11) is 0. The third-order valence-corrected chi connectivity index (χ3v) is 6.37. The number of thiophene rings is 1. The molecule has 26 heavy (non-hydrogen) atoms. The highest BCUT2D eigenvalue weighted by Gasteiger charge is 2.38. The topological polar surface area (TPSA) is 27.1 Å².